The number of thioether (sulfide) groups is 1. The summed E-state index contributed by atoms with van der Waals surface area (Å²) in [6.07, 6.45) is 3.37. The van der Waals surface area contributed by atoms with E-state index in [0.717, 1.165) is 6.54 Å². The molecule has 0 spiro atoms. The number of hydrogen-bond donors (Lipinski definition) is 1. The van der Waals surface area contributed by atoms with Gasteiger partial charge in [0.2, 0.25) is 0 Å². The molecule has 1 aromatic rings. The average Bonchev–Trinajstić information content (AvgIpc) is 2.26. The zero-order valence-corrected chi connectivity index (χ0v) is 12.6. The van der Waals surface area contributed by atoms with Gasteiger partial charge in [0.05, 0.1) is 0 Å². The lowest BCUT2D eigenvalue weighted by atomic mass is 9.99. The molecule has 1 unspecified atom stereocenters. The number of nitrogens with one attached hydrogen (secondary N) is 1. The highest BCUT2D eigenvalue weighted by Crippen LogP contribution is 2.16. The minimum atomic E-state index is 0.630. The minimum Gasteiger partial charge on any atom is -0.309 e. The standard InChI is InChI=1S/C15H25NS/c1-6-14(10-17-5)16-9-15-12(3)7-11(2)8-13(15)4/h7-8,14,16H,6,9-10H2,1-5H3. The highest BCUT2D eigenvalue weighted by Gasteiger charge is 2.08. The van der Waals surface area contributed by atoms with Crippen LogP contribution in [0.5, 0.6) is 0 Å². The summed E-state index contributed by atoms with van der Waals surface area (Å²) < 4.78 is 0. The Morgan fingerprint density at radius 3 is 2.24 bits per heavy atom. The lowest BCUT2D eigenvalue weighted by molar-refractivity contribution is 0.539. The van der Waals surface area contributed by atoms with Gasteiger partial charge in [0.1, 0.15) is 0 Å². The Bertz CT molecular complexity index is 337. The van der Waals surface area contributed by atoms with Crippen LogP contribution in [-0.4, -0.2) is 18.1 Å². The average molecular weight is 251 g/mol. The van der Waals surface area contributed by atoms with Gasteiger partial charge >= 0.3 is 0 Å². The number of benzene rings is 1. The lowest BCUT2D eigenvalue weighted by Crippen LogP contribution is -2.30. The first-order valence-corrected chi connectivity index (χ1v) is 7.76. The van der Waals surface area contributed by atoms with Crippen LogP contribution in [0.1, 0.15) is 35.6 Å². The second kappa shape index (κ2) is 7.07. The minimum absolute atomic E-state index is 0.630. The predicted octanol–water partition coefficient (Wildman–Crippen LogP) is 3.84. The summed E-state index contributed by atoms with van der Waals surface area (Å²) in [5, 5.41) is 3.67. The van der Waals surface area contributed by atoms with Crippen molar-refractivity contribution in [3.8, 4) is 0 Å². The van der Waals surface area contributed by atoms with Crippen LogP contribution in [0.15, 0.2) is 12.1 Å². The van der Waals surface area contributed by atoms with E-state index >= 15 is 0 Å². The normalized spacial score (nSPS) is 12.8. The SMILES string of the molecule is CCC(CSC)NCc1c(C)cc(C)cc1C. The molecule has 96 valence electrons. The van der Waals surface area contributed by atoms with Gasteiger partial charge in [-0.05, 0) is 50.1 Å². The van der Waals surface area contributed by atoms with Crippen LogP contribution in [-0.2, 0) is 6.54 Å². The molecule has 0 aliphatic carbocycles. The smallest absolute Gasteiger partial charge is 0.0213 e. The summed E-state index contributed by atoms with van der Waals surface area (Å²) in [6, 6.07) is 5.18. The Kier molecular flexibility index (Phi) is 6.07. The van der Waals surface area contributed by atoms with Crippen molar-refractivity contribution in [1.82, 2.24) is 5.32 Å². The fourth-order valence-electron chi connectivity index (χ4n) is 2.26. The van der Waals surface area contributed by atoms with Gasteiger partial charge in [0.25, 0.3) is 0 Å². The lowest BCUT2D eigenvalue weighted by Gasteiger charge is -2.18. The fraction of sp³-hybridized carbons (Fsp3) is 0.600. The third-order valence-electron chi connectivity index (χ3n) is 3.27. The Labute approximate surface area is 110 Å². The fourth-order valence-corrected chi connectivity index (χ4v) is 3.01. The van der Waals surface area contributed by atoms with Gasteiger partial charge in [-0.2, -0.15) is 11.8 Å². The van der Waals surface area contributed by atoms with Crippen molar-refractivity contribution in [3.05, 3.63) is 34.4 Å². The van der Waals surface area contributed by atoms with Crippen LogP contribution in [0.4, 0.5) is 0 Å². The molecule has 1 N–H and O–H groups in total. The Hall–Kier alpha value is -0.470. The van der Waals surface area contributed by atoms with Gasteiger partial charge in [0.15, 0.2) is 0 Å². The van der Waals surface area contributed by atoms with Crippen molar-refractivity contribution in [2.24, 2.45) is 0 Å². The topological polar surface area (TPSA) is 12.0 Å². The largest absolute Gasteiger partial charge is 0.309 e. The molecule has 0 bridgehead atoms. The van der Waals surface area contributed by atoms with E-state index in [2.05, 4.69) is 51.4 Å². The molecule has 0 amide bonds. The van der Waals surface area contributed by atoms with E-state index in [1.54, 1.807) is 0 Å². The van der Waals surface area contributed by atoms with Crippen LogP contribution < -0.4 is 5.32 Å². The van der Waals surface area contributed by atoms with E-state index in [-0.39, 0.29) is 0 Å². The monoisotopic (exact) mass is 251 g/mol. The molecule has 0 saturated heterocycles. The summed E-state index contributed by atoms with van der Waals surface area (Å²) in [5.74, 6) is 1.19. The maximum atomic E-state index is 3.67. The molecule has 1 aromatic carbocycles. The second-order valence-electron chi connectivity index (χ2n) is 4.82. The maximum absolute atomic E-state index is 3.67. The third-order valence-corrected chi connectivity index (χ3v) is 4.00. The predicted molar refractivity (Wildman–Crippen MR) is 80.0 cm³/mol. The summed E-state index contributed by atoms with van der Waals surface area (Å²) in [7, 11) is 0. The molecular formula is C15H25NS. The van der Waals surface area contributed by atoms with Crippen LogP contribution in [0.25, 0.3) is 0 Å². The Morgan fingerprint density at radius 2 is 1.76 bits per heavy atom. The first-order valence-electron chi connectivity index (χ1n) is 6.37. The van der Waals surface area contributed by atoms with Crippen LogP contribution >= 0.6 is 11.8 Å². The van der Waals surface area contributed by atoms with Gasteiger partial charge in [0, 0.05) is 18.3 Å². The number of rotatable bonds is 6. The Balaban J connectivity index is 2.68. The molecular weight excluding hydrogens is 226 g/mol. The summed E-state index contributed by atoms with van der Waals surface area (Å²) in [4.78, 5) is 0. The second-order valence-corrected chi connectivity index (χ2v) is 5.73. The van der Waals surface area contributed by atoms with Crippen LogP contribution in [0.3, 0.4) is 0 Å². The summed E-state index contributed by atoms with van der Waals surface area (Å²) in [6.45, 7) is 9.85. The number of hydrogen-bond acceptors (Lipinski definition) is 2. The zero-order valence-electron chi connectivity index (χ0n) is 11.8. The van der Waals surface area contributed by atoms with Gasteiger partial charge in [-0.3, -0.25) is 0 Å². The molecule has 1 atom stereocenters. The molecule has 1 rings (SSSR count). The van der Waals surface area contributed by atoms with Crippen LogP contribution in [0.2, 0.25) is 0 Å². The van der Waals surface area contributed by atoms with Crippen molar-refractivity contribution in [2.45, 2.75) is 46.7 Å². The van der Waals surface area contributed by atoms with E-state index < -0.39 is 0 Å². The van der Waals surface area contributed by atoms with Crippen molar-refractivity contribution in [3.63, 3.8) is 0 Å². The molecule has 1 nitrogen and oxygen atoms in total. The summed E-state index contributed by atoms with van der Waals surface area (Å²) >= 11 is 1.92. The molecule has 2 heteroatoms. The first kappa shape index (κ1) is 14.6. The molecule has 17 heavy (non-hydrogen) atoms. The zero-order chi connectivity index (χ0) is 12.8. The van der Waals surface area contributed by atoms with E-state index in [1.165, 1.54) is 34.4 Å². The van der Waals surface area contributed by atoms with E-state index in [4.69, 9.17) is 0 Å². The number of aryl methyl sites for hydroxylation is 3. The first-order chi connectivity index (χ1) is 8.08. The molecule has 0 aliphatic rings. The van der Waals surface area contributed by atoms with Gasteiger partial charge in [-0.25, -0.2) is 0 Å². The van der Waals surface area contributed by atoms with E-state index in [0.29, 0.717) is 6.04 Å². The Morgan fingerprint density at radius 1 is 1.18 bits per heavy atom. The van der Waals surface area contributed by atoms with Crippen molar-refractivity contribution in [2.75, 3.05) is 12.0 Å². The maximum Gasteiger partial charge on any atom is 0.0213 e. The molecule has 0 saturated carbocycles. The van der Waals surface area contributed by atoms with Gasteiger partial charge < -0.3 is 5.32 Å². The highest BCUT2D eigenvalue weighted by atomic mass is 32.2. The highest BCUT2D eigenvalue weighted by molar-refractivity contribution is 7.98. The van der Waals surface area contributed by atoms with Gasteiger partial charge in [-0.15, -0.1) is 0 Å². The summed E-state index contributed by atoms with van der Waals surface area (Å²) in [5.41, 5.74) is 5.65. The van der Waals surface area contributed by atoms with E-state index in [9.17, 15) is 0 Å². The van der Waals surface area contributed by atoms with Gasteiger partial charge in [-0.1, -0.05) is 24.6 Å². The quantitative estimate of drug-likeness (QED) is 0.824. The van der Waals surface area contributed by atoms with E-state index in [1.807, 2.05) is 11.8 Å². The third kappa shape index (κ3) is 4.36. The molecule has 0 heterocycles. The molecule has 0 fully saturated rings. The molecule has 0 radical (unpaired) electrons. The van der Waals surface area contributed by atoms with Crippen molar-refractivity contribution < 1.29 is 0 Å². The van der Waals surface area contributed by atoms with Crippen molar-refractivity contribution >= 4 is 11.8 Å². The van der Waals surface area contributed by atoms with Crippen LogP contribution in [0, 0.1) is 20.8 Å². The molecule has 0 aromatic heterocycles. The molecule has 0 aliphatic heterocycles. The van der Waals surface area contributed by atoms with Crippen molar-refractivity contribution in [1.29, 1.82) is 0 Å².